The van der Waals surface area contributed by atoms with Crippen LogP contribution >= 0.6 is 26.2 Å². The molecule has 0 spiro atoms. The van der Waals surface area contributed by atoms with Crippen LogP contribution in [0.15, 0.2) is 23.8 Å². The van der Waals surface area contributed by atoms with Crippen LogP contribution in [0.3, 0.4) is 0 Å². The number of aromatic amines is 1. The molecule has 0 saturated carbocycles. The van der Waals surface area contributed by atoms with Gasteiger partial charge in [0, 0.05) is 0 Å². The van der Waals surface area contributed by atoms with Crippen LogP contribution in [0, 0.1) is 0 Å². The minimum absolute atomic E-state index is 0.00516. The maximum absolute atomic E-state index is 15.7. The summed E-state index contributed by atoms with van der Waals surface area (Å²) in [6.07, 6.45) is -9.87. The number of halogens is 3. The molecular weight excluding hydrogens is 707 g/mol. The number of nitrogens with one attached hydrogen (secondary N) is 1. The van der Waals surface area contributed by atoms with Gasteiger partial charge in [-0.2, -0.15) is 4.98 Å². The van der Waals surface area contributed by atoms with Crippen LogP contribution in [0.5, 0.6) is 0 Å². The number of imidazole rings is 2. The Morgan fingerprint density at radius 3 is 2.54 bits per heavy atom. The Labute approximate surface area is 264 Å². The highest BCUT2D eigenvalue weighted by molar-refractivity contribution is 8.39. The smallest absolute Gasteiger partial charge is 0.393 e. The Balaban J connectivity index is 1.25. The molecule has 0 amide bonds. The van der Waals surface area contributed by atoms with Gasteiger partial charge in [-0.15, -0.1) is 4.52 Å². The van der Waals surface area contributed by atoms with Crippen LogP contribution in [0.25, 0.3) is 22.3 Å². The molecule has 7 N–H and O–H groups in total. The minimum atomic E-state index is -4.70. The number of nitrogens with zero attached hydrogens (tertiary/aromatic N) is 7. The molecule has 19 nitrogen and oxygen atoms in total. The molecular formula is C20H22F3N10O9P2S2+. The van der Waals surface area contributed by atoms with Crippen molar-refractivity contribution >= 4 is 72.1 Å². The Morgan fingerprint density at radius 2 is 1.85 bits per heavy atom. The average Bonchev–Trinajstić information content (AvgIpc) is 3.72. The third-order valence-corrected chi connectivity index (χ3v) is 9.30. The number of aromatic nitrogens is 8. The van der Waals surface area contributed by atoms with Crippen molar-refractivity contribution in [1.29, 1.82) is 0 Å². The lowest BCUT2D eigenvalue weighted by molar-refractivity contribution is -0.120. The highest BCUT2D eigenvalue weighted by Gasteiger charge is 2.62. The van der Waals surface area contributed by atoms with Gasteiger partial charge in [0.1, 0.15) is 36.3 Å². The number of thiol groups is 1. The molecule has 4 aromatic heterocycles. The first-order valence-electron chi connectivity index (χ1n) is 12.8. The summed E-state index contributed by atoms with van der Waals surface area (Å²) in [5.74, 6) is -4.36. The van der Waals surface area contributed by atoms with Crippen molar-refractivity contribution in [3.63, 3.8) is 0 Å². The summed E-state index contributed by atoms with van der Waals surface area (Å²) in [7, 11) is -2.70. The second-order valence-electron chi connectivity index (χ2n) is 9.84. The average molecular weight is 730 g/mol. The van der Waals surface area contributed by atoms with Gasteiger partial charge >= 0.3 is 19.9 Å². The fourth-order valence-electron chi connectivity index (χ4n) is 5.01. The first-order valence-corrected chi connectivity index (χ1v) is 17.7. The molecule has 248 valence electrons. The van der Waals surface area contributed by atoms with Gasteiger partial charge in [0.05, 0.1) is 25.9 Å². The van der Waals surface area contributed by atoms with Crippen molar-refractivity contribution in [1.82, 2.24) is 39.0 Å². The number of rotatable bonds is 10. The van der Waals surface area contributed by atoms with E-state index in [-0.39, 0.29) is 34.1 Å². The molecule has 2 unspecified atom stereocenters. The highest BCUT2D eigenvalue weighted by Crippen LogP contribution is 2.54. The molecule has 26 heteroatoms. The molecule has 2 fully saturated rings. The molecule has 2 saturated heterocycles. The molecule has 0 radical (unpaired) electrons. The van der Waals surface area contributed by atoms with Crippen LogP contribution in [-0.4, -0.2) is 98.8 Å². The fraction of sp³-hybridized carbons (Fsp3) is 0.500. The Bertz CT molecular complexity index is 1920. The summed E-state index contributed by atoms with van der Waals surface area (Å²) in [5.41, 5.74) is 10.3. The normalized spacial score (nSPS) is 29.4. The Hall–Kier alpha value is -2.89. The lowest BCUT2D eigenvalue weighted by atomic mass is 10.1. The van der Waals surface area contributed by atoms with E-state index in [9.17, 15) is 19.4 Å². The van der Waals surface area contributed by atoms with E-state index < -0.39 is 81.7 Å². The molecule has 9 atom stereocenters. The summed E-state index contributed by atoms with van der Waals surface area (Å²) in [5, 5.41) is 9.59. The lowest BCUT2D eigenvalue weighted by Gasteiger charge is -2.28. The zero-order valence-electron chi connectivity index (χ0n) is 22.6. The van der Waals surface area contributed by atoms with E-state index in [2.05, 4.69) is 42.2 Å². The number of hydrogen-bond acceptors (Lipinski definition) is 16. The van der Waals surface area contributed by atoms with Gasteiger partial charge in [-0.25, -0.2) is 33.1 Å². The standard InChI is InChI=1S/C20H21F3N10O9P2S2/c21-8-11(41-43(36)45)6(39-17(8)32-4-28-9-13(24)26-3-27-14(9)32)2-38-44(37,46)42-12-18(40-7(1-34)20(12,22)23)33-5-29-10-15(33)30-19(25)31-16(10)35/h3-8,11-12,17-18,34H,1-2H2,(H6-,24,25,26,27,30,31,35,36,37,45,46)/p+1/t6-,7-,8+,11-,12+,17-,18-,44?/m1/s1. The van der Waals surface area contributed by atoms with Gasteiger partial charge in [0.2, 0.25) is 5.95 Å². The zero-order chi connectivity index (χ0) is 33.1. The number of alkyl halides is 3. The minimum Gasteiger partial charge on any atom is -0.393 e. The molecule has 6 heterocycles. The largest absolute Gasteiger partial charge is 0.582 e. The van der Waals surface area contributed by atoms with Gasteiger partial charge in [-0.3, -0.25) is 23.4 Å². The van der Waals surface area contributed by atoms with Crippen LogP contribution in [-0.2, 0) is 39.4 Å². The maximum Gasteiger partial charge on any atom is 0.582 e. The number of H-pyrrole nitrogens is 1. The number of nitrogen functional groups attached to an aromatic ring is 2. The predicted molar refractivity (Wildman–Crippen MR) is 156 cm³/mol. The topological polar surface area (TPSA) is 263 Å². The summed E-state index contributed by atoms with van der Waals surface area (Å²) in [6.45, 7) is -6.70. The summed E-state index contributed by atoms with van der Waals surface area (Å²) < 4.78 is 87.2. The monoisotopic (exact) mass is 729 g/mol. The third kappa shape index (κ3) is 5.87. The van der Waals surface area contributed by atoms with Crippen molar-refractivity contribution in [2.45, 2.75) is 49.0 Å². The van der Waals surface area contributed by atoms with Crippen LogP contribution in [0.4, 0.5) is 24.9 Å². The van der Waals surface area contributed by atoms with E-state index in [0.29, 0.717) is 0 Å². The fourth-order valence-corrected chi connectivity index (χ4v) is 7.19. The van der Waals surface area contributed by atoms with E-state index in [1.54, 1.807) is 0 Å². The zero-order valence-corrected chi connectivity index (χ0v) is 26.1. The van der Waals surface area contributed by atoms with E-state index in [0.717, 1.165) is 17.2 Å². The van der Waals surface area contributed by atoms with Crippen LogP contribution in [0.2, 0.25) is 0 Å². The lowest BCUT2D eigenvalue weighted by Crippen LogP contribution is -2.42. The van der Waals surface area contributed by atoms with Crippen molar-refractivity contribution in [3.8, 4) is 0 Å². The Kier molecular flexibility index (Phi) is 8.82. The van der Waals surface area contributed by atoms with E-state index >= 15 is 13.2 Å². The second kappa shape index (κ2) is 12.3. The number of hydrogen-bond donors (Lipinski definition) is 6. The van der Waals surface area contributed by atoms with Crippen molar-refractivity contribution in [2.24, 2.45) is 0 Å². The SMILES string of the molecule is Nc1nc2c(ncn2[C@@H]2O[C@H](CO)C(F)(F)[C@H]2OP(O)(=S)OC[C@H]2O[C@@H](n3cnc4c(N)ncnc43)[C@@H](F)[C@@H]2O[P+](=O)S)c(=O)[nH]1. The number of anilines is 2. The molecule has 2 aliphatic rings. The molecule has 6 rings (SSSR count). The first-order chi connectivity index (χ1) is 21.7. The summed E-state index contributed by atoms with van der Waals surface area (Å²) >= 11 is 8.67. The van der Waals surface area contributed by atoms with Crippen molar-refractivity contribution in [3.05, 3.63) is 29.3 Å². The van der Waals surface area contributed by atoms with Crippen LogP contribution < -0.4 is 17.0 Å². The van der Waals surface area contributed by atoms with Gasteiger partial charge in [0.15, 0.2) is 53.5 Å². The predicted octanol–water partition coefficient (Wildman–Crippen LogP) is 0.475. The number of nitrogens with two attached hydrogens (primary N) is 2. The molecule has 0 aromatic carbocycles. The Morgan fingerprint density at radius 1 is 1.15 bits per heavy atom. The molecule has 4 aromatic rings. The van der Waals surface area contributed by atoms with Gasteiger partial charge in [-0.05, 0) is 16.4 Å². The molecule has 2 aliphatic heterocycles. The van der Waals surface area contributed by atoms with Crippen molar-refractivity contribution in [2.75, 3.05) is 24.7 Å². The summed E-state index contributed by atoms with van der Waals surface area (Å²) in [6, 6.07) is 0. The molecule has 46 heavy (non-hydrogen) atoms. The van der Waals surface area contributed by atoms with Gasteiger partial charge in [-0.1, -0.05) is 0 Å². The maximum atomic E-state index is 15.7. The van der Waals surface area contributed by atoms with E-state index in [4.69, 9.17) is 46.3 Å². The molecule has 0 bridgehead atoms. The number of fused-ring (bicyclic) bond motifs is 2. The van der Waals surface area contributed by atoms with Gasteiger partial charge < -0.3 is 35.5 Å². The third-order valence-electron chi connectivity index (χ3n) is 7.05. The number of ether oxygens (including phenoxy) is 2. The quantitative estimate of drug-likeness (QED) is 0.0957. The van der Waals surface area contributed by atoms with E-state index in [1.165, 1.54) is 10.9 Å². The summed E-state index contributed by atoms with van der Waals surface area (Å²) in [4.78, 5) is 45.0. The number of aliphatic hydroxyl groups is 1. The van der Waals surface area contributed by atoms with E-state index in [1.807, 2.05) is 0 Å². The first kappa shape index (κ1) is 33.0. The molecule has 0 aliphatic carbocycles. The van der Waals surface area contributed by atoms with Crippen LogP contribution in [0.1, 0.15) is 12.5 Å². The second-order valence-corrected chi connectivity index (χ2v) is 14.3. The highest BCUT2D eigenvalue weighted by atomic mass is 32.7. The number of aliphatic hydroxyl groups excluding tert-OH is 1. The van der Waals surface area contributed by atoms with Gasteiger partial charge in [0.25, 0.3) is 5.56 Å². The van der Waals surface area contributed by atoms with Crippen molar-refractivity contribution < 1.29 is 50.8 Å².